The Morgan fingerprint density at radius 2 is 1.93 bits per heavy atom. The summed E-state index contributed by atoms with van der Waals surface area (Å²) in [6.45, 7) is 6.44. The second kappa shape index (κ2) is 5.12. The van der Waals surface area contributed by atoms with Gasteiger partial charge in [-0.3, -0.25) is 0 Å². The summed E-state index contributed by atoms with van der Waals surface area (Å²) in [6, 6.07) is 5.03. The highest BCUT2D eigenvalue weighted by atomic mass is 15.2. The smallest absolute Gasteiger partial charge is 0.128 e. The molecule has 0 fully saturated rings. The van der Waals surface area contributed by atoms with E-state index >= 15 is 0 Å². The third kappa shape index (κ3) is 2.93. The number of aromatic nitrogens is 1. The lowest BCUT2D eigenvalue weighted by Gasteiger charge is -2.23. The third-order valence-corrected chi connectivity index (χ3v) is 2.84. The molecule has 1 N–H and O–H groups in total. The molecule has 0 aliphatic carbocycles. The van der Waals surface area contributed by atoms with E-state index in [2.05, 4.69) is 55.2 Å². The highest BCUT2D eigenvalue weighted by Crippen LogP contribution is 2.16. The number of nitrogens with one attached hydrogen (secondary N) is 1. The molecule has 1 atom stereocenters. The summed E-state index contributed by atoms with van der Waals surface area (Å²) in [6.07, 6.45) is 1.94. The molecule has 1 unspecified atom stereocenters. The molecular formula is C12H21N3. The van der Waals surface area contributed by atoms with E-state index < -0.39 is 0 Å². The molecule has 0 saturated carbocycles. The zero-order chi connectivity index (χ0) is 11.4. The molecule has 1 aromatic rings. The second-order valence-electron chi connectivity index (χ2n) is 4.16. The van der Waals surface area contributed by atoms with Crippen molar-refractivity contribution in [1.82, 2.24) is 10.3 Å². The van der Waals surface area contributed by atoms with Crippen LogP contribution in [0.1, 0.15) is 32.4 Å². The lowest BCUT2D eigenvalue weighted by molar-refractivity contribution is 0.648. The third-order valence-electron chi connectivity index (χ3n) is 2.84. The molecule has 15 heavy (non-hydrogen) atoms. The lowest BCUT2D eigenvalue weighted by Crippen LogP contribution is -2.26. The summed E-state index contributed by atoms with van der Waals surface area (Å²) < 4.78 is 0. The molecule has 0 bridgehead atoms. The van der Waals surface area contributed by atoms with E-state index in [-0.39, 0.29) is 0 Å². The Hall–Kier alpha value is -1.09. The van der Waals surface area contributed by atoms with Crippen LogP contribution in [0.4, 0.5) is 5.82 Å². The highest BCUT2D eigenvalue weighted by molar-refractivity contribution is 5.39. The number of pyridine rings is 1. The Kier molecular flexibility index (Phi) is 4.09. The highest BCUT2D eigenvalue weighted by Gasteiger charge is 2.07. The van der Waals surface area contributed by atoms with Crippen molar-refractivity contribution < 1.29 is 0 Å². The molecule has 0 spiro atoms. The van der Waals surface area contributed by atoms with E-state index in [4.69, 9.17) is 0 Å². The van der Waals surface area contributed by atoms with Gasteiger partial charge in [0.1, 0.15) is 5.82 Å². The van der Waals surface area contributed by atoms with Gasteiger partial charge in [0.25, 0.3) is 0 Å². The first kappa shape index (κ1) is 12.0. The average Bonchev–Trinajstić information content (AvgIpc) is 2.27. The van der Waals surface area contributed by atoms with Crippen LogP contribution in [0.2, 0.25) is 0 Å². The van der Waals surface area contributed by atoms with Crippen molar-refractivity contribution in [2.75, 3.05) is 19.0 Å². The monoisotopic (exact) mass is 207 g/mol. The molecule has 3 heteroatoms. The Morgan fingerprint density at radius 3 is 2.33 bits per heavy atom. The van der Waals surface area contributed by atoms with Crippen LogP contribution >= 0.6 is 0 Å². The van der Waals surface area contributed by atoms with Gasteiger partial charge in [0, 0.05) is 25.3 Å². The van der Waals surface area contributed by atoms with Gasteiger partial charge < -0.3 is 10.2 Å². The van der Waals surface area contributed by atoms with Crippen molar-refractivity contribution in [1.29, 1.82) is 0 Å². The molecule has 84 valence electrons. The van der Waals surface area contributed by atoms with Crippen molar-refractivity contribution in [2.45, 2.75) is 32.9 Å². The van der Waals surface area contributed by atoms with Crippen LogP contribution in [0.3, 0.4) is 0 Å². The number of rotatable bonds is 4. The number of anilines is 1. The van der Waals surface area contributed by atoms with Crippen molar-refractivity contribution >= 4 is 5.82 Å². The first-order valence-electron chi connectivity index (χ1n) is 5.42. The van der Waals surface area contributed by atoms with E-state index in [0.717, 1.165) is 5.82 Å². The molecule has 0 aromatic carbocycles. The molecular weight excluding hydrogens is 186 g/mol. The van der Waals surface area contributed by atoms with Crippen LogP contribution in [-0.4, -0.2) is 25.1 Å². The maximum atomic E-state index is 4.45. The van der Waals surface area contributed by atoms with E-state index in [0.29, 0.717) is 12.1 Å². The molecule has 0 radical (unpaired) electrons. The first-order valence-corrected chi connectivity index (χ1v) is 5.42. The predicted molar refractivity (Wildman–Crippen MR) is 65.3 cm³/mol. The van der Waals surface area contributed by atoms with E-state index in [1.807, 2.05) is 13.2 Å². The summed E-state index contributed by atoms with van der Waals surface area (Å²) in [5, 5.41) is 3.20. The SMILES string of the molecule is CNC(C)c1ccc(N(C)C(C)C)nc1. The molecule has 0 aliphatic heterocycles. The van der Waals surface area contributed by atoms with Gasteiger partial charge in [-0.1, -0.05) is 6.07 Å². The molecule has 0 amide bonds. The minimum atomic E-state index is 0.357. The first-order chi connectivity index (χ1) is 7.06. The molecule has 1 heterocycles. The van der Waals surface area contributed by atoms with Crippen LogP contribution in [0.15, 0.2) is 18.3 Å². The fraction of sp³-hybridized carbons (Fsp3) is 0.583. The molecule has 3 nitrogen and oxygen atoms in total. The van der Waals surface area contributed by atoms with Gasteiger partial charge in [-0.05, 0) is 39.4 Å². The number of hydrogen-bond acceptors (Lipinski definition) is 3. The largest absolute Gasteiger partial charge is 0.357 e. The van der Waals surface area contributed by atoms with Gasteiger partial charge in [0.2, 0.25) is 0 Å². The van der Waals surface area contributed by atoms with Crippen LogP contribution in [0.5, 0.6) is 0 Å². The zero-order valence-corrected chi connectivity index (χ0v) is 10.3. The van der Waals surface area contributed by atoms with Crippen LogP contribution in [0.25, 0.3) is 0 Å². The van der Waals surface area contributed by atoms with Crippen LogP contribution < -0.4 is 10.2 Å². The second-order valence-corrected chi connectivity index (χ2v) is 4.16. The van der Waals surface area contributed by atoms with Crippen molar-refractivity contribution in [2.24, 2.45) is 0 Å². The molecule has 0 aliphatic rings. The van der Waals surface area contributed by atoms with Gasteiger partial charge in [-0.25, -0.2) is 4.98 Å². The van der Waals surface area contributed by atoms with Crippen molar-refractivity contribution in [3.8, 4) is 0 Å². The van der Waals surface area contributed by atoms with Gasteiger partial charge >= 0.3 is 0 Å². The minimum absolute atomic E-state index is 0.357. The van der Waals surface area contributed by atoms with Gasteiger partial charge in [-0.15, -0.1) is 0 Å². The summed E-state index contributed by atoms with van der Waals surface area (Å²) >= 11 is 0. The van der Waals surface area contributed by atoms with Crippen LogP contribution in [-0.2, 0) is 0 Å². The zero-order valence-electron chi connectivity index (χ0n) is 10.3. The van der Waals surface area contributed by atoms with Crippen molar-refractivity contribution in [3.63, 3.8) is 0 Å². The standard InChI is InChI=1S/C12H21N3/c1-9(2)15(5)12-7-6-11(8-14-12)10(3)13-4/h6-10,13H,1-5H3. The van der Waals surface area contributed by atoms with Gasteiger partial charge in [-0.2, -0.15) is 0 Å². The lowest BCUT2D eigenvalue weighted by atomic mass is 10.1. The quantitative estimate of drug-likeness (QED) is 0.820. The Balaban J connectivity index is 2.80. The average molecular weight is 207 g/mol. The van der Waals surface area contributed by atoms with E-state index in [1.54, 1.807) is 0 Å². The fourth-order valence-electron chi connectivity index (χ4n) is 1.29. The predicted octanol–water partition coefficient (Wildman–Crippen LogP) is 2.21. The Labute approximate surface area is 92.5 Å². The van der Waals surface area contributed by atoms with Gasteiger partial charge in [0.05, 0.1) is 0 Å². The summed E-state index contributed by atoms with van der Waals surface area (Å²) in [7, 11) is 4.02. The van der Waals surface area contributed by atoms with E-state index in [1.165, 1.54) is 5.56 Å². The van der Waals surface area contributed by atoms with Crippen molar-refractivity contribution in [3.05, 3.63) is 23.9 Å². The molecule has 0 saturated heterocycles. The van der Waals surface area contributed by atoms with Crippen LogP contribution in [0, 0.1) is 0 Å². The summed E-state index contributed by atoms with van der Waals surface area (Å²) in [5.74, 6) is 1.03. The number of hydrogen-bond donors (Lipinski definition) is 1. The van der Waals surface area contributed by atoms with Gasteiger partial charge in [0.15, 0.2) is 0 Å². The Morgan fingerprint density at radius 1 is 1.27 bits per heavy atom. The Bertz CT molecular complexity index is 292. The maximum absolute atomic E-state index is 4.45. The van der Waals surface area contributed by atoms with E-state index in [9.17, 15) is 0 Å². The summed E-state index contributed by atoms with van der Waals surface area (Å²) in [5.41, 5.74) is 1.22. The molecule has 1 rings (SSSR count). The number of nitrogens with zero attached hydrogens (tertiary/aromatic N) is 2. The fourth-order valence-corrected chi connectivity index (χ4v) is 1.29. The normalized spacial score (nSPS) is 12.9. The summed E-state index contributed by atoms with van der Waals surface area (Å²) in [4.78, 5) is 6.62. The maximum Gasteiger partial charge on any atom is 0.128 e. The molecule has 1 aromatic heterocycles. The topological polar surface area (TPSA) is 28.2 Å². The minimum Gasteiger partial charge on any atom is -0.357 e.